The summed E-state index contributed by atoms with van der Waals surface area (Å²) in [6.07, 6.45) is -4.43. The van der Waals surface area contributed by atoms with Gasteiger partial charge in [0.2, 0.25) is 0 Å². The van der Waals surface area contributed by atoms with Gasteiger partial charge in [-0.3, -0.25) is 9.36 Å². The van der Waals surface area contributed by atoms with Crippen LogP contribution in [0.5, 0.6) is 0 Å². The van der Waals surface area contributed by atoms with Crippen LogP contribution in [-0.2, 0) is 18.5 Å². The Hall–Kier alpha value is -3.06. The number of hydrogen-bond donors (Lipinski definition) is 0. The second-order valence-electron chi connectivity index (χ2n) is 7.23. The first kappa shape index (κ1) is 21.2. The number of alkyl halides is 3. The van der Waals surface area contributed by atoms with Gasteiger partial charge in [0.1, 0.15) is 0 Å². The normalized spacial score (nSPS) is 11.7. The summed E-state index contributed by atoms with van der Waals surface area (Å²) >= 11 is 1.13. The number of halogens is 3. The van der Waals surface area contributed by atoms with E-state index in [1.807, 2.05) is 31.2 Å². The van der Waals surface area contributed by atoms with Crippen LogP contribution in [-0.4, -0.2) is 9.55 Å². The van der Waals surface area contributed by atoms with Crippen molar-refractivity contribution in [2.75, 3.05) is 0 Å². The maximum absolute atomic E-state index is 13.4. The molecular formula is C24H19F3N2OS. The summed E-state index contributed by atoms with van der Waals surface area (Å²) in [6, 6.07) is 20.3. The van der Waals surface area contributed by atoms with Crippen LogP contribution >= 0.6 is 11.8 Å². The molecule has 31 heavy (non-hydrogen) atoms. The van der Waals surface area contributed by atoms with Gasteiger partial charge < -0.3 is 0 Å². The highest BCUT2D eigenvalue weighted by Gasteiger charge is 2.32. The Morgan fingerprint density at radius 1 is 0.935 bits per heavy atom. The zero-order valence-corrected chi connectivity index (χ0v) is 17.5. The minimum absolute atomic E-state index is 0.0500. The lowest BCUT2D eigenvalue weighted by molar-refractivity contribution is -0.138. The van der Waals surface area contributed by atoms with Crippen molar-refractivity contribution in [3.63, 3.8) is 0 Å². The number of para-hydroxylation sites is 1. The van der Waals surface area contributed by atoms with E-state index < -0.39 is 11.7 Å². The Balaban J connectivity index is 1.75. The molecule has 4 aromatic rings. The molecule has 0 saturated carbocycles. The zero-order chi connectivity index (χ0) is 22.0. The molecule has 1 aromatic heterocycles. The van der Waals surface area contributed by atoms with Crippen LogP contribution in [0.3, 0.4) is 0 Å². The van der Waals surface area contributed by atoms with Crippen molar-refractivity contribution < 1.29 is 13.2 Å². The van der Waals surface area contributed by atoms with Gasteiger partial charge in [-0.1, -0.05) is 71.9 Å². The Bertz CT molecular complexity index is 1280. The number of thioether (sulfide) groups is 1. The van der Waals surface area contributed by atoms with Crippen molar-refractivity contribution in [1.29, 1.82) is 0 Å². The topological polar surface area (TPSA) is 34.9 Å². The van der Waals surface area contributed by atoms with Crippen LogP contribution in [0.1, 0.15) is 22.3 Å². The molecule has 0 amide bonds. The Labute approximate surface area is 181 Å². The van der Waals surface area contributed by atoms with Crippen LogP contribution in [0.4, 0.5) is 13.2 Å². The molecule has 0 aliphatic heterocycles. The molecule has 0 radical (unpaired) electrons. The van der Waals surface area contributed by atoms with Crippen LogP contribution in [0.15, 0.2) is 82.7 Å². The standard InChI is InChI=1S/C24H19F3N2OS/c1-16-10-12-17(13-11-16)14-29-22(30)19-7-3-5-9-21(19)28-23(29)31-15-18-6-2-4-8-20(18)24(25,26)27/h2-13H,14-15H2,1H3. The lowest BCUT2D eigenvalue weighted by Crippen LogP contribution is -2.24. The summed E-state index contributed by atoms with van der Waals surface area (Å²) in [4.78, 5) is 17.8. The third kappa shape index (κ3) is 4.66. The lowest BCUT2D eigenvalue weighted by atomic mass is 10.1. The third-order valence-electron chi connectivity index (χ3n) is 4.97. The van der Waals surface area contributed by atoms with Crippen molar-refractivity contribution in [3.8, 4) is 0 Å². The highest BCUT2D eigenvalue weighted by atomic mass is 32.2. The van der Waals surface area contributed by atoms with Crippen molar-refractivity contribution in [2.24, 2.45) is 0 Å². The minimum atomic E-state index is -4.43. The van der Waals surface area contributed by atoms with Gasteiger partial charge >= 0.3 is 6.18 Å². The maximum atomic E-state index is 13.4. The predicted molar refractivity (Wildman–Crippen MR) is 117 cm³/mol. The average molecular weight is 440 g/mol. The smallest absolute Gasteiger partial charge is 0.283 e. The van der Waals surface area contributed by atoms with Crippen LogP contribution in [0, 0.1) is 6.92 Å². The van der Waals surface area contributed by atoms with E-state index in [9.17, 15) is 18.0 Å². The third-order valence-corrected chi connectivity index (χ3v) is 5.99. The number of hydrogen-bond acceptors (Lipinski definition) is 3. The second kappa shape index (κ2) is 8.59. The largest absolute Gasteiger partial charge is 0.416 e. The fourth-order valence-corrected chi connectivity index (χ4v) is 4.34. The summed E-state index contributed by atoms with van der Waals surface area (Å²) in [5.74, 6) is 0.0500. The zero-order valence-electron chi connectivity index (χ0n) is 16.7. The van der Waals surface area contributed by atoms with E-state index in [0.29, 0.717) is 22.6 Å². The van der Waals surface area contributed by atoms with E-state index in [1.165, 1.54) is 16.7 Å². The quantitative estimate of drug-likeness (QED) is 0.279. The van der Waals surface area contributed by atoms with Crippen molar-refractivity contribution in [2.45, 2.75) is 30.6 Å². The van der Waals surface area contributed by atoms with Gasteiger partial charge in [-0.2, -0.15) is 13.2 Å². The SMILES string of the molecule is Cc1ccc(Cn2c(SCc3ccccc3C(F)(F)F)nc3ccccc3c2=O)cc1. The molecule has 0 N–H and O–H groups in total. The molecule has 0 bridgehead atoms. The molecule has 0 unspecified atom stereocenters. The molecule has 0 atom stereocenters. The molecule has 0 aliphatic rings. The van der Waals surface area contributed by atoms with E-state index in [4.69, 9.17) is 0 Å². The minimum Gasteiger partial charge on any atom is -0.283 e. The summed E-state index contributed by atoms with van der Waals surface area (Å²) in [5.41, 5.74) is 1.82. The summed E-state index contributed by atoms with van der Waals surface area (Å²) in [5, 5.41) is 0.871. The molecular weight excluding hydrogens is 421 g/mol. The fraction of sp³-hybridized carbons (Fsp3) is 0.167. The highest BCUT2D eigenvalue weighted by Crippen LogP contribution is 2.34. The molecule has 3 aromatic carbocycles. The number of aryl methyl sites for hydroxylation is 1. The molecule has 0 aliphatic carbocycles. The van der Waals surface area contributed by atoms with Gasteiger partial charge in [0.05, 0.1) is 23.0 Å². The molecule has 0 fully saturated rings. The molecule has 7 heteroatoms. The van der Waals surface area contributed by atoms with Gasteiger partial charge in [0, 0.05) is 5.75 Å². The average Bonchev–Trinajstić information content (AvgIpc) is 2.75. The first-order valence-electron chi connectivity index (χ1n) is 9.66. The summed E-state index contributed by atoms with van der Waals surface area (Å²) < 4.78 is 41.6. The first-order valence-corrected chi connectivity index (χ1v) is 10.6. The van der Waals surface area contributed by atoms with Gasteiger partial charge in [-0.05, 0) is 36.2 Å². The van der Waals surface area contributed by atoms with E-state index in [2.05, 4.69) is 4.98 Å². The van der Waals surface area contributed by atoms with Crippen LogP contribution < -0.4 is 5.56 Å². The van der Waals surface area contributed by atoms with Crippen molar-refractivity contribution >= 4 is 22.7 Å². The van der Waals surface area contributed by atoms with E-state index in [0.717, 1.165) is 29.0 Å². The molecule has 4 rings (SSSR count). The van der Waals surface area contributed by atoms with Crippen molar-refractivity contribution in [1.82, 2.24) is 9.55 Å². The number of rotatable bonds is 5. The number of fused-ring (bicyclic) bond motifs is 1. The molecule has 0 spiro atoms. The molecule has 1 heterocycles. The van der Waals surface area contributed by atoms with Gasteiger partial charge in [0.15, 0.2) is 5.16 Å². The number of nitrogens with zero attached hydrogens (tertiary/aromatic N) is 2. The molecule has 3 nitrogen and oxygen atoms in total. The number of aromatic nitrogens is 2. The summed E-state index contributed by atoms with van der Waals surface area (Å²) in [6.45, 7) is 2.27. The van der Waals surface area contributed by atoms with Gasteiger partial charge in [-0.25, -0.2) is 4.98 Å². The number of benzene rings is 3. The Kier molecular flexibility index (Phi) is 5.87. The summed E-state index contributed by atoms with van der Waals surface area (Å²) in [7, 11) is 0. The molecule has 158 valence electrons. The van der Waals surface area contributed by atoms with Gasteiger partial charge in [0.25, 0.3) is 5.56 Å². The van der Waals surface area contributed by atoms with Crippen molar-refractivity contribution in [3.05, 3.63) is 105 Å². The Morgan fingerprint density at radius 3 is 2.35 bits per heavy atom. The van der Waals surface area contributed by atoms with Crippen LogP contribution in [0.25, 0.3) is 10.9 Å². The first-order chi connectivity index (χ1) is 14.8. The fourth-order valence-electron chi connectivity index (χ4n) is 3.34. The lowest BCUT2D eigenvalue weighted by Gasteiger charge is -2.15. The van der Waals surface area contributed by atoms with E-state index in [1.54, 1.807) is 30.3 Å². The Morgan fingerprint density at radius 2 is 1.61 bits per heavy atom. The maximum Gasteiger partial charge on any atom is 0.416 e. The monoisotopic (exact) mass is 440 g/mol. The van der Waals surface area contributed by atoms with Crippen LogP contribution in [0.2, 0.25) is 0 Å². The highest BCUT2D eigenvalue weighted by molar-refractivity contribution is 7.98. The molecule has 0 saturated heterocycles. The predicted octanol–water partition coefficient (Wildman–Crippen LogP) is 6.06. The second-order valence-corrected chi connectivity index (χ2v) is 8.17. The van der Waals surface area contributed by atoms with E-state index >= 15 is 0 Å². The van der Waals surface area contributed by atoms with E-state index in [-0.39, 0.29) is 16.9 Å². The van der Waals surface area contributed by atoms with Gasteiger partial charge in [-0.15, -0.1) is 0 Å².